The zero-order chi connectivity index (χ0) is 13.4. The van der Waals surface area contributed by atoms with Gasteiger partial charge in [0.2, 0.25) is 5.78 Å². The number of rotatable bonds is 2. The highest BCUT2D eigenvalue weighted by Crippen LogP contribution is 2.24. The van der Waals surface area contributed by atoms with Crippen molar-refractivity contribution in [3.05, 3.63) is 0 Å². The van der Waals surface area contributed by atoms with Crippen LogP contribution in [-0.4, -0.2) is 75.6 Å². The normalized spacial score (nSPS) is 37.1. The van der Waals surface area contributed by atoms with Crippen LogP contribution in [0.15, 0.2) is 0 Å². The van der Waals surface area contributed by atoms with E-state index in [1.54, 1.807) is 5.32 Å². The number of ether oxygens (including phenoxy) is 1. The fraction of sp³-hybridized carbons (Fsp3) is 0.667. The highest BCUT2D eigenvalue weighted by Gasteiger charge is 2.48. The highest BCUT2D eigenvalue weighted by molar-refractivity contribution is 6.41. The van der Waals surface area contributed by atoms with Crippen molar-refractivity contribution in [3.8, 4) is 0 Å². The van der Waals surface area contributed by atoms with E-state index < -0.39 is 55.4 Å². The Morgan fingerprint density at radius 2 is 1.94 bits per heavy atom. The van der Waals surface area contributed by atoms with E-state index >= 15 is 0 Å². The Bertz CT molecular complexity index is 398. The Balaban J connectivity index is 2.14. The van der Waals surface area contributed by atoms with Gasteiger partial charge in [0, 0.05) is 0 Å². The Kier molecular flexibility index (Phi) is 3.30. The number of urea groups is 1. The molecule has 3 amide bonds. The Morgan fingerprint density at radius 1 is 1.28 bits per heavy atom. The lowest BCUT2D eigenvalue weighted by atomic mass is 10.1. The van der Waals surface area contributed by atoms with Gasteiger partial charge >= 0.3 is 6.03 Å². The van der Waals surface area contributed by atoms with E-state index in [-0.39, 0.29) is 0 Å². The minimum Gasteiger partial charge on any atom is -0.394 e. The number of imide groups is 1. The van der Waals surface area contributed by atoms with Crippen molar-refractivity contribution in [2.45, 2.75) is 24.5 Å². The Hall–Kier alpha value is -1.55. The average Bonchev–Trinajstić information content (AvgIpc) is 2.61. The molecule has 0 bridgehead atoms. The lowest BCUT2D eigenvalue weighted by Crippen LogP contribution is -2.60. The number of carbonyl (C=O) groups is 3. The molecule has 2 fully saturated rings. The molecule has 2 heterocycles. The van der Waals surface area contributed by atoms with Gasteiger partial charge < -0.3 is 20.1 Å². The lowest BCUT2D eigenvalue weighted by molar-refractivity contribution is -0.143. The summed E-state index contributed by atoms with van der Waals surface area (Å²) in [6.45, 7) is -1.09. The first-order valence-corrected chi connectivity index (χ1v) is 5.23. The monoisotopic (exact) mass is 260 g/mol. The number of carbonyl (C=O) groups excluding carboxylic acids is 3. The molecule has 0 saturated carbocycles. The molecule has 9 nitrogen and oxygen atoms in total. The number of hydrogen-bond acceptors (Lipinski definition) is 7. The van der Waals surface area contributed by atoms with Crippen molar-refractivity contribution in [1.29, 1.82) is 0 Å². The topological polar surface area (TPSA) is 136 Å². The molecule has 0 radical (unpaired) electrons. The SMILES string of the molecule is O=C1CN([C@@H]2O[C@@H](CO)[C@@H](O)[C@H]2O)C(=O)NC1=O. The van der Waals surface area contributed by atoms with Crippen LogP contribution in [0.1, 0.15) is 0 Å². The van der Waals surface area contributed by atoms with E-state index in [0.717, 1.165) is 4.90 Å². The zero-order valence-electron chi connectivity index (χ0n) is 9.15. The maximum atomic E-state index is 11.5. The van der Waals surface area contributed by atoms with Gasteiger partial charge in [-0.25, -0.2) is 4.79 Å². The largest absolute Gasteiger partial charge is 0.394 e. The van der Waals surface area contributed by atoms with Gasteiger partial charge in [-0.15, -0.1) is 0 Å². The number of Topliss-reactive ketones (excluding diaryl/α,β-unsaturated/α-hetero) is 1. The molecule has 0 aromatic heterocycles. The van der Waals surface area contributed by atoms with Crippen molar-refractivity contribution in [2.24, 2.45) is 0 Å². The van der Waals surface area contributed by atoms with Crippen LogP contribution in [0.3, 0.4) is 0 Å². The molecule has 18 heavy (non-hydrogen) atoms. The summed E-state index contributed by atoms with van der Waals surface area (Å²) in [5, 5.41) is 29.9. The van der Waals surface area contributed by atoms with E-state index in [2.05, 4.69) is 0 Å². The molecule has 0 aromatic carbocycles. The predicted octanol–water partition coefficient (Wildman–Crippen LogP) is -3.45. The van der Waals surface area contributed by atoms with E-state index in [1.807, 2.05) is 0 Å². The third-order valence-electron chi connectivity index (χ3n) is 2.87. The summed E-state index contributed by atoms with van der Waals surface area (Å²) in [6, 6.07) is -0.894. The highest BCUT2D eigenvalue weighted by atomic mass is 16.6. The van der Waals surface area contributed by atoms with Crippen LogP contribution in [-0.2, 0) is 14.3 Å². The summed E-state index contributed by atoms with van der Waals surface area (Å²) in [7, 11) is 0. The maximum absolute atomic E-state index is 11.5. The minimum atomic E-state index is -1.46. The molecule has 0 aromatic rings. The molecule has 2 rings (SSSR count). The van der Waals surface area contributed by atoms with Gasteiger partial charge in [-0.05, 0) is 0 Å². The summed E-state index contributed by atoms with van der Waals surface area (Å²) in [6.07, 6.45) is -5.17. The smallest absolute Gasteiger partial charge is 0.326 e. The van der Waals surface area contributed by atoms with E-state index in [1.165, 1.54) is 0 Å². The van der Waals surface area contributed by atoms with Crippen molar-refractivity contribution in [3.63, 3.8) is 0 Å². The van der Waals surface area contributed by atoms with E-state index in [9.17, 15) is 24.6 Å². The Morgan fingerprint density at radius 3 is 2.50 bits per heavy atom. The van der Waals surface area contributed by atoms with Crippen LogP contribution >= 0.6 is 0 Å². The molecular weight excluding hydrogens is 248 g/mol. The third kappa shape index (κ3) is 1.97. The lowest BCUT2D eigenvalue weighted by Gasteiger charge is -2.31. The summed E-state index contributed by atoms with van der Waals surface area (Å²) < 4.78 is 5.08. The molecule has 0 aliphatic carbocycles. The molecule has 0 spiro atoms. The standard InChI is InChI=1S/C9H12N2O7/c12-2-4-5(14)6(15)8(18-4)11-1-3(13)7(16)10-9(11)17/h4-6,8,12,14-15H,1-2H2,(H,10,16,17)/t4-,5+,6+,8+/m0/s1. The number of aliphatic hydroxyl groups is 3. The number of amides is 3. The first-order chi connectivity index (χ1) is 8.45. The summed E-state index contributed by atoms with van der Waals surface area (Å²) >= 11 is 0. The molecular formula is C9H12N2O7. The second kappa shape index (κ2) is 4.61. The quantitative estimate of drug-likeness (QED) is 0.379. The van der Waals surface area contributed by atoms with Crippen molar-refractivity contribution < 1.29 is 34.4 Å². The van der Waals surface area contributed by atoms with Crippen molar-refractivity contribution >= 4 is 17.7 Å². The Labute approximate surface area is 101 Å². The van der Waals surface area contributed by atoms with E-state index in [0.29, 0.717) is 0 Å². The predicted molar refractivity (Wildman–Crippen MR) is 53.0 cm³/mol. The van der Waals surface area contributed by atoms with Crippen LogP contribution in [0.4, 0.5) is 4.79 Å². The molecule has 2 aliphatic heterocycles. The number of aliphatic hydroxyl groups excluding tert-OH is 3. The van der Waals surface area contributed by atoms with Crippen LogP contribution < -0.4 is 5.32 Å². The summed E-state index contributed by atoms with van der Waals surface area (Å²) in [4.78, 5) is 34.4. The summed E-state index contributed by atoms with van der Waals surface area (Å²) in [5.41, 5.74) is 0. The van der Waals surface area contributed by atoms with Crippen LogP contribution in [0.25, 0.3) is 0 Å². The van der Waals surface area contributed by atoms with Gasteiger partial charge in [0.1, 0.15) is 18.3 Å². The third-order valence-corrected chi connectivity index (χ3v) is 2.87. The fourth-order valence-electron chi connectivity index (χ4n) is 1.88. The van der Waals surface area contributed by atoms with Gasteiger partial charge in [0.25, 0.3) is 5.91 Å². The van der Waals surface area contributed by atoms with Crippen molar-refractivity contribution in [1.82, 2.24) is 10.2 Å². The number of nitrogens with zero attached hydrogens (tertiary/aromatic N) is 1. The van der Waals surface area contributed by atoms with Crippen LogP contribution in [0.2, 0.25) is 0 Å². The van der Waals surface area contributed by atoms with Gasteiger partial charge in [-0.1, -0.05) is 0 Å². The molecule has 2 saturated heterocycles. The molecule has 0 unspecified atom stereocenters. The first kappa shape index (κ1) is 12.9. The maximum Gasteiger partial charge on any atom is 0.326 e. The molecule has 4 atom stereocenters. The van der Waals surface area contributed by atoms with E-state index in [4.69, 9.17) is 9.84 Å². The molecule has 9 heteroatoms. The number of ketones is 1. The van der Waals surface area contributed by atoms with Gasteiger partial charge in [0.05, 0.1) is 13.2 Å². The molecule has 2 aliphatic rings. The van der Waals surface area contributed by atoms with Gasteiger partial charge in [0.15, 0.2) is 6.23 Å². The number of hydrogen-bond donors (Lipinski definition) is 4. The van der Waals surface area contributed by atoms with Crippen molar-refractivity contribution in [2.75, 3.05) is 13.2 Å². The second-order valence-corrected chi connectivity index (χ2v) is 4.04. The van der Waals surface area contributed by atoms with Crippen LogP contribution in [0, 0.1) is 0 Å². The van der Waals surface area contributed by atoms with Gasteiger partial charge in [-0.2, -0.15) is 0 Å². The average molecular weight is 260 g/mol. The first-order valence-electron chi connectivity index (χ1n) is 5.23. The number of nitrogens with one attached hydrogen (secondary N) is 1. The fourth-order valence-corrected chi connectivity index (χ4v) is 1.88. The molecule has 100 valence electrons. The van der Waals surface area contributed by atoms with Gasteiger partial charge in [-0.3, -0.25) is 19.8 Å². The zero-order valence-corrected chi connectivity index (χ0v) is 9.15. The van der Waals surface area contributed by atoms with Crippen LogP contribution in [0.5, 0.6) is 0 Å². The minimum absolute atomic E-state index is 0.544. The molecule has 4 N–H and O–H groups in total. The second-order valence-electron chi connectivity index (χ2n) is 4.04. The summed E-state index contributed by atoms with van der Waals surface area (Å²) in [5.74, 6) is -1.88.